The molecule has 2 aromatic carbocycles. The molecular formula is C27H37N6O8+. The van der Waals surface area contributed by atoms with Gasteiger partial charge in [0.15, 0.2) is 6.54 Å². The largest absolute Gasteiger partial charge is 0.494 e. The van der Waals surface area contributed by atoms with Crippen LogP contribution in [0.1, 0.15) is 13.8 Å². The number of hydrogen-bond donors (Lipinski definition) is 4. The number of hydrogen-bond acceptors (Lipinski definition) is 9. The summed E-state index contributed by atoms with van der Waals surface area (Å²) >= 11 is 0. The molecule has 0 aromatic heterocycles. The highest BCUT2D eigenvalue weighted by Gasteiger charge is 2.34. The second kappa shape index (κ2) is 13.4. The first kappa shape index (κ1) is 31.3. The maximum atomic E-state index is 12.9. The van der Waals surface area contributed by atoms with Gasteiger partial charge in [0.2, 0.25) is 11.8 Å². The lowest BCUT2D eigenvalue weighted by molar-refractivity contribution is -0.906. The fourth-order valence-corrected chi connectivity index (χ4v) is 4.45. The minimum Gasteiger partial charge on any atom is -0.494 e. The molecule has 0 aliphatic carbocycles. The van der Waals surface area contributed by atoms with E-state index < -0.39 is 11.8 Å². The molecule has 0 spiro atoms. The summed E-state index contributed by atoms with van der Waals surface area (Å²) < 4.78 is 10.9. The maximum Gasteiger partial charge on any atom is 0.305 e. The molecule has 0 unspecified atom stereocenters. The van der Waals surface area contributed by atoms with Crippen molar-refractivity contribution in [2.45, 2.75) is 13.8 Å². The molecule has 1 fully saturated rings. The summed E-state index contributed by atoms with van der Waals surface area (Å²) in [7, 11) is 4.73. The smallest absolute Gasteiger partial charge is 0.305 e. The summed E-state index contributed by atoms with van der Waals surface area (Å²) in [5, 5.41) is 27.4. The van der Waals surface area contributed by atoms with E-state index in [1.807, 2.05) is 11.9 Å². The van der Waals surface area contributed by atoms with Crippen LogP contribution in [-0.4, -0.2) is 104 Å². The van der Waals surface area contributed by atoms with Crippen LogP contribution in [0.4, 0.5) is 22.7 Å². The monoisotopic (exact) mass is 573 g/mol. The lowest BCUT2D eigenvalue weighted by Gasteiger charge is -2.41. The van der Waals surface area contributed by atoms with Crippen molar-refractivity contribution in [1.82, 2.24) is 4.90 Å². The summed E-state index contributed by atoms with van der Waals surface area (Å²) in [6, 6.07) is 8.96. The zero-order valence-corrected chi connectivity index (χ0v) is 23.8. The molecule has 4 N–H and O–H groups in total. The Balaban J connectivity index is 1.56. The third-order valence-electron chi connectivity index (χ3n) is 6.74. The van der Waals surface area contributed by atoms with E-state index in [2.05, 4.69) is 10.6 Å². The number of carbonyl (C=O) groups is 4. The second-order valence-corrected chi connectivity index (χ2v) is 10.0. The van der Waals surface area contributed by atoms with E-state index in [1.165, 1.54) is 64.5 Å². The van der Waals surface area contributed by atoms with Crippen LogP contribution >= 0.6 is 0 Å². The number of likely N-dealkylation sites (N-methyl/N-ethyl adjacent to an activating group) is 1. The van der Waals surface area contributed by atoms with Crippen LogP contribution in [-0.2, 0) is 19.2 Å². The summed E-state index contributed by atoms with van der Waals surface area (Å²) in [5.41, 5.74) is 1.21. The van der Waals surface area contributed by atoms with Crippen LogP contribution in [0.5, 0.6) is 11.5 Å². The number of benzene rings is 2. The third-order valence-corrected chi connectivity index (χ3v) is 6.74. The van der Waals surface area contributed by atoms with Gasteiger partial charge in [-0.15, -0.1) is 0 Å². The minimum atomic E-state index is -0.551. The predicted molar refractivity (Wildman–Crippen MR) is 150 cm³/mol. The van der Waals surface area contributed by atoms with Gasteiger partial charge in [-0.05, 0) is 24.3 Å². The average Bonchev–Trinajstić information content (AvgIpc) is 2.93. The maximum absolute atomic E-state index is 12.9. The Bertz CT molecular complexity index is 1290. The van der Waals surface area contributed by atoms with Crippen molar-refractivity contribution in [3.05, 3.63) is 36.4 Å². The van der Waals surface area contributed by atoms with Gasteiger partial charge in [0.25, 0.3) is 5.91 Å². The van der Waals surface area contributed by atoms with Gasteiger partial charge < -0.3 is 24.6 Å². The van der Waals surface area contributed by atoms with Crippen LogP contribution < -0.4 is 30.2 Å². The molecule has 3 rings (SSSR count). The predicted octanol–water partition coefficient (Wildman–Crippen LogP) is 1.53. The SMILES string of the molecule is COc1cc(N(O)C(=O)CN2CC[N+](C)(CC(=O)N(O)c3ccc(NC(C)=O)c(OC)c3)CC2)ccc1NC(C)=O. The number of piperazine rings is 1. The average molecular weight is 574 g/mol. The topological polar surface area (TPSA) is 161 Å². The number of nitrogens with one attached hydrogen (secondary N) is 2. The van der Waals surface area contributed by atoms with Crippen LogP contribution in [0.15, 0.2) is 36.4 Å². The van der Waals surface area contributed by atoms with Crippen molar-refractivity contribution in [3.63, 3.8) is 0 Å². The molecule has 1 saturated heterocycles. The van der Waals surface area contributed by atoms with E-state index in [9.17, 15) is 29.6 Å². The lowest BCUT2D eigenvalue weighted by atomic mass is 10.2. The Labute approximate surface area is 238 Å². The molecule has 2 aromatic rings. The van der Waals surface area contributed by atoms with Crippen molar-refractivity contribution in [2.75, 3.05) is 81.3 Å². The van der Waals surface area contributed by atoms with E-state index in [-0.39, 0.29) is 36.3 Å². The van der Waals surface area contributed by atoms with E-state index in [0.29, 0.717) is 63.7 Å². The minimum absolute atomic E-state index is 0.0145. The standard InChI is InChI=1S/C27H36N6O8/c1-18(34)28-22-8-6-20(14-24(22)40-4)31(38)26(36)16-30-10-12-33(3,13-11-30)17-27(37)32(39)21-7-9-23(29-19(2)35)25(15-21)41-5/h6-9,14-15,38-39H,10-13,16-17H2,1-5H3,(H-,28,29,34,35)/p+1. The van der Waals surface area contributed by atoms with Gasteiger partial charge in [-0.2, -0.15) is 10.1 Å². The molecule has 1 heterocycles. The van der Waals surface area contributed by atoms with Gasteiger partial charge in [-0.3, -0.25) is 34.5 Å². The number of ether oxygens (including phenoxy) is 2. The Kier molecular flexibility index (Phi) is 10.2. The third kappa shape index (κ3) is 8.14. The second-order valence-electron chi connectivity index (χ2n) is 10.0. The molecule has 14 nitrogen and oxygen atoms in total. The first-order valence-electron chi connectivity index (χ1n) is 12.9. The Morgan fingerprint density at radius 3 is 1.68 bits per heavy atom. The van der Waals surface area contributed by atoms with Crippen molar-refractivity contribution in [2.24, 2.45) is 0 Å². The summed E-state index contributed by atoms with van der Waals surface area (Å²) in [6.45, 7) is 4.72. The molecule has 0 atom stereocenters. The van der Waals surface area contributed by atoms with Gasteiger partial charge in [-0.25, -0.2) is 0 Å². The number of carbonyl (C=O) groups excluding carboxylic acids is 4. The quantitative estimate of drug-likeness (QED) is 0.188. The number of amides is 4. The summed E-state index contributed by atoms with van der Waals surface area (Å²) in [4.78, 5) is 50.3. The van der Waals surface area contributed by atoms with Crippen molar-refractivity contribution < 1.29 is 43.5 Å². The fraction of sp³-hybridized carbons (Fsp3) is 0.407. The van der Waals surface area contributed by atoms with E-state index in [1.54, 1.807) is 0 Å². The van der Waals surface area contributed by atoms with Gasteiger partial charge in [0.05, 0.1) is 63.7 Å². The van der Waals surface area contributed by atoms with Gasteiger partial charge in [0, 0.05) is 39.1 Å². The van der Waals surface area contributed by atoms with Crippen molar-refractivity contribution in [1.29, 1.82) is 0 Å². The van der Waals surface area contributed by atoms with Crippen molar-refractivity contribution >= 4 is 46.4 Å². The molecule has 0 bridgehead atoms. The lowest BCUT2D eigenvalue weighted by Crippen LogP contribution is -2.61. The zero-order valence-electron chi connectivity index (χ0n) is 23.8. The molecule has 222 valence electrons. The number of rotatable bonds is 10. The number of nitrogens with zero attached hydrogens (tertiary/aromatic N) is 4. The van der Waals surface area contributed by atoms with E-state index in [4.69, 9.17) is 9.47 Å². The zero-order chi connectivity index (χ0) is 30.3. The van der Waals surface area contributed by atoms with Crippen LogP contribution in [0.3, 0.4) is 0 Å². The van der Waals surface area contributed by atoms with E-state index in [0.717, 1.165) is 0 Å². The highest BCUT2D eigenvalue weighted by Crippen LogP contribution is 2.31. The number of methoxy groups -OCH3 is 2. The number of hydroxylamine groups is 2. The highest BCUT2D eigenvalue weighted by atomic mass is 16.5. The normalized spacial score (nSPS) is 14.5. The van der Waals surface area contributed by atoms with Crippen LogP contribution in [0, 0.1) is 0 Å². The first-order chi connectivity index (χ1) is 19.4. The first-order valence-corrected chi connectivity index (χ1v) is 12.9. The molecule has 0 saturated carbocycles. The molecule has 1 aliphatic heterocycles. The number of quaternary nitrogens is 1. The fourth-order valence-electron chi connectivity index (χ4n) is 4.45. The van der Waals surface area contributed by atoms with Crippen LogP contribution in [0.25, 0.3) is 0 Å². The van der Waals surface area contributed by atoms with Gasteiger partial charge >= 0.3 is 5.91 Å². The molecule has 0 radical (unpaired) electrons. The van der Waals surface area contributed by atoms with Gasteiger partial charge in [0.1, 0.15) is 11.5 Å². The Morgan fingerprint density at radius 2 is 1.27 bits per heavy atom. The molecule has 1 aliphatic rings. The van der Waals surface area contributed by atoms with E-state index >= 15 is 0 Å². The molecule has 14 heteroatoms. The summed E-state index contributed by atoms with van der Waals surface area (Å²) in [5.74, 6) is -1.05. The molecule has 4 amide bonds. The highest BCUT2D eigenvalue weighted by molar-refractivity contribution is 5.95. The van der Waals surface area contributed by atoms with Crippen molar-refractivity contribution in [3.8, 4) is 11.5 Å². The Hall–Kier alpha value is -4.24. The molecule has 41 heavy (non-hydrogen) atoms. The molecular weight excluding hydrogens is 536 g/mol. The number of anilines is 4. The Morgan fingerprint density at radius 1 is 0.829 bits per heavy atom. The van der Waals surface area contributed by atoms with Crippen LogP contribution in [0.2, 0.25) is 0 Å². The van der Waals surface area contributed by atoms with Gasteiger partial charge in [-0.1, -0.05) is 0 Å². The summed E-state index contributed by atoms with van der Waals surface area (Å²) in [6.07, 6.45) is 0.